The van der Waals surface area contributed by atoms with Crippen molar-refractivity contribution in [2.24, 2.45) is 0 Å². The lowest BCUT2D eigenvalue weighted by Crippen LogP contribution is -2.32. The molecule has 1 aromatic carbocycles. The average Bonchev–Trinajstić information content (AvgIpc) is 3.31. The molecule has 1 aliphatic carbocycles. The number of furan rings is 1. The van der Waals surface area contributed by atoms with Gasteiger partial charge in [-0.25, -0.2) is 9.48 Å². The number of methoxy groups -OCH3 is 2. The molecule has 0 aliphatic heterocycles. The molecule has 0 unspecified atom stereocenters. The Hall–Kier alpha value is -3.49. The maximum atomic E-state index is 12.8. The van der Waals surface area contributed by atoms with Crippen LogP contribution in [0, 0.1) is 0 Å². The van der Waals surface area contributed by atoms with Gasteiger partial charge < -0.3 is 19.2 Å². The Morgan fingerprint density at radius 3 is 2.72 bits per heavy atom. The van der Waals surface area contributed by atoms with Gasteiger partial charge in [-0.1, -0.05) is 6.07 Å². The monoisotopic (exact) mass is 398 g/mol. The van der Waals surface area contributed by atoms with Crippen LogP contribution in [0.2, 0.25) is 0 Å². The molecule has 1 aliphatic rings. The van der Waals surface area contributed by atoms with E-state index in [1.165, 1.54) is 18.9 Å². The molecule has 9 heteroatoms. The van der Waals surface area contributed by atoms with Crippen LogP contribution in [-0.2, 0) is 6.54 Å². The van der Waals surface area contributed by atoms with Crippen LogP contribution in [0.25, 0.3) is 11.6 Å². The van der Waals surface area contributed by atoms with E-state index in [1.54, 1.807) is 41.2 Å². The van der Waals surface area contributed by atoms with E-state index in [1.807, 2.05) is 0 Å². The molecule has 2 aromatic heterocycles. The molecular formula is C20H22N4O5. The zero-order valence-corrected chi connectivity index (χ0v) is 16.3. The number of carbonyl (C=O) groups is 1. The highest BCUT2D eigenvalue weighted by molar-refractivity contribution is 5.97. The number of hydrogen-bond acceptors (Lipinski definition) is 6. The lowest BCUT2D eigenvalue weighted by Gasteiger charge is -2.12. The average molecular weight is 398 g/mol. The van der Waals surface area contributed by atoms with Crippen molar-refractivity contribution in [2.45, 2.75) is 25.4 Å². The summed E-state index contributed by atoms with van der Waals surface area (Å²) in [4.78, 5) is 25.3. The maximum absolute atomic E-state index is 12.8. The van der Waals surface area contributed by atoms with Crippen molar-refractivity contribution in [1.29, 1.82) is 0 Å². The second-order valence-electron chi connectivity index (χ2n) is 6.70. The number of rotatable bonds is 8. The van der Waals surface area contributed by atoms with E-state index in [0.29, 0.717) is 28.6 Å². The zero-order valence-electron chi connectivity index (χ0n) is 16.3. The number of nitrogens with zero attached hydrogens (tertiary/aromatic N) is 3. The quantitative estimate of drug-likeness (QED) is 0.624. The van der Waals surface area contributed by atoms with E-state index >= 15 is 0 Å². The Bertz CT molecular complexity index is 1060. The van der Waals surface area contributed by atoms with Gasteiger partial charge in [-0.3, -0.25) is 9.36 Å². The van der Waals surface area contributed by atoms with E-state index in [9.17, 15) is 9.59 Å². The smallest absolute Gasteiger partial charge is 0.346 e. The fourth-order valence-corrected chi connectivity index (χ4v) is 3.24. The first-order valence-corrected chi connectivity index (χ1v) is 9.36. The summed E-state index contributed by atoms with van der Waals surface area (Å²) >= 11 is 0. The van der Waals surface area contributed by atoms with Crippen molar-refractivity contribution in [3.63, 3.8) is 0 Å². The lowest BCUT2D eigenvalue weighted by molar-refractivity contribution is 0.0948. The van der Waals surface area contributed by atoms with E-state index in [4.69, 9.17) is 13.9 Å². The van der Waals surface area contributed by atoms with Gasteiger partial charge in [0.2, 0.25) is 5.82 Å². The van der Waals surface area contributed by atoms with E-state index in [0.717, 1.165) is 12.8 Å². The van der Waals surface area contributed by atoms with Crippen molar-refractivity contribution < 1.29 is 18.7 Å². The van der Waals surface area contributed by atoms with Crippen molar-refractivity contribution in [2.75, 3.05) is 20.8 Å². The summed E-state index contributed by atoms with van der Waals surface area (Å²) in [5.41, 5.74) is 0.158. The first-order valence-electron chi connectivity index (χ1n) is 9.36. The molecule has 0 saturated heterocycles. The Kier molecular flexibility index (Phi) is 5.11. The largest absolute Gasteiger partial charge is 0.493 e. The minimum Gasteiger partial charge on any atom is -0.493 e. The molecule has 0 atom stereocenters. The van der Waals surface area contributed by atoms with Gasteiger partial charge >= 0.3 is 5.69 Å². The lowest BCUT2D eigenvalue weighted by atomic mass is 10.1. The molecule has 1 fully saturated rings. The molecule has 0 bridgehead atoms. The summed E-state index contributed by atoms with van der Waals surface area (Å²) in [5, 5.41) is 7.22. The molecule has 29 heavy (non-hydrogen) atoms. The molecule has 0 spiro atoms. The first kappa shape index (κ1) is 18.9. The van der Waals surface area contributed by atoms with Crippen molar-refractivity contribution >= 4 is 5.91 Å². The third kappa shape index (κ3) is 3.63. The molecule has 1 N–H and O–H groups in total. The number of carbonyl (C=O) groups excluding carboxylic acids is 1. The fourth-order valence-electron chi connectivity index (χ4n) is 3.24. The van der Waals surface area contributed by atoms with Gasteiger partial charge in [0.05, 0.1) is 32.6 Å². The van der Waals surface area contributed by atoms with Gasteiger partial charge in [-0.15, -0.1) is 5.10 Å². The van der Waals surface area contributed by atoms with E-state index in [2.05, 4.69) is 10.4 Å². The number of hydrogen-bond donors (Lipinski definition) is 1. The maximum Gasteiger partial charge on any atom is 0.346 e. The van der Waals surface area contributed by atoms with Crippen LogP contribution >= 0.6 is 0 Å². The van der Waals surface area contributed by atoms with Gasteiger partial charge in [-0.2, -0.15) is 0 Å². The van der Waals surface area contributed by atoms with Gasteiger partial charge in [0.15, 0.2) is 17.3 Å². The molecular weight excluding hydrogens is 376 g/mol. The number of amides is 1. The minimum absolute atomic E-state index is 0.159. The highest BCUT2D eigenvalue weighted by Crippen LogP contribution is 2.36. The van der Waals surface area contributed by atoms with Crippen molar-refractivity contribution in [3.8, 4) is 23.1 Å². The Labute approximate surface area is 166 Å². The molecule has 3 aromatic rings. The summed E-state index contributed by atoms with van der Waals surface area (Å²) in [7, 11) is 2.99. The predicted octanol–water partition coefficient (Wildman–Crippen LogP) is 2.09. The summed E-state index contributed by atoms with van der Waals surface area (Å²) < 4.78 is 19.0. The third-order valence-corrected chi connectivity index (χ3v) is 4.78. The van der Waals surface area contributed by atoms with Crippen LogP contribution in [0.15, 0.2) is 45.8 Å². The number of nitrogens with one attached hydrogen (secondary N) is 1. The van der Waals surface area contributed by atoms with Gasteiger partial charge in [0.1, 0.15) is 0 Å². The highest BCUT2D eigenvalue weighted by Gasteiger charge is 2.31. The fraction of sp³-hybridized carbons (Fsp3) is 0.350. The second kappa shape index (κ2) is 7.86. The van der Waals surface area contributed by atoms with Gasteiger partial charge in [0.25, 0.3) is 5.91 Å². The van der Waals surface area contributed by atoms with Crippen molar-refractivity contribution in [1.82, 2.24) is 19.7 Å². The van der Waals surface area contributed by atoms with Crippen LogP contribution in [-0.4, -0.2) is 41.0 Å². The van der Waals surface area contributed by atoms with Gasteiger partial charge in [0, 0.05) is 12.6 Å². The van der Waals surface area contributed by atoms with Gasteiger partial charge in [-0.05, 0) is 37.1 Å². The van der Waals surface area contributed by atoms with Crippen LogP contribution in [0.5, 0.6) is 11.5 Å². The normalized spacial score (nSPS) is 13.3. The Morgan fingerprint density at radius 1 is 1.24 bits per heavy atom. The minimum atomic E-state index is -0.318. The highest BCUT2D eigenvalue weighted by atomic mass is 16.5. The second-order valence-corrected chi connectivity index (χ2v) is 6.70. The van der Waals surface area contributed by atoms with Crippen LogP contribution in [0.4, 0.5) is 0 Å². The number of aromatic nitrogens is 3. The first-order chi connectivity index (χ1) is 14.1. The Morgan fingerprint density at radius 2 is 2.07 bits per heavy atom. The molecule has 1 amide bonds. The number of ether oxygens (including phenoxy) is 2. The van der Waals surface area contributed by atoms with Crippen molar-refractivity contribution in [3.05, 3.63) is 52.6 Å². The third-order valence-electron chi connectivity index (χ3n) is 4.78. The predicted molar refractivity (Wildman–Crippen MR) is 104 cm³/mol. The molecule has 9 nitrogen and oxygen atoms in total. The summed E-state index contributed by atoms with van der Waals surface area (Å²) in [6, 6.07) is 8.79. The SMILES string of the molecule is COc1cccc(C(=O)NCCn2nc(-c3ccco3)n(C3CC3)c2=O)c1OC. The van der Waals surface area contributed by atoms with E-state index < -0.39 is 0 Å². The Balaban J connectivity index is 1.49. The standard InChI is InChI=1S/C20H22N4O5/c1-27-15-6-3-5-14(17(15)28-2)19(25)21-10-11-23-20(26)24(13-8-9-13)18(22-23)16-7-4-12-29-16/h3-7,12-13H,8-11H2,1-2H3,(H,21,25). The van der Waals surface area contributed by atoms with Crippen LogP contribution < -0.4 is 20.5 Å². The number of benzene rings is 1. The topological polar surface area (TPSA) is 101 Å². The summed E-state index contributed by atoms with van der Waals surface area (Å²) in [6.45, 7) is 0.475. The van der Waals surface area contributed by atoms with Crippen LogP contribution in [0.3, 0.4) is 0 Å². The molecule has 2 heterocycles. The molecule has 4 rings (SSSR count). The summed E-state index contributed by atoms with van der Waals surface area (Å²) in [5.74, 6) is 1.59. The molecule has 0 radical (unpaired) electrons. The zero-order chi connectivity index (χ0) is 20.4. The summed E-state index contributed by atoms with van der Waals surface area (Å²) in [6.07, 6.45) is 3.45. The molecule has 1 saturated carbocycles. The van der Waals surface area contributed by atoms with E-state index in [-0.39, 0.29) is 30.7 Å². The number of para-hydroxylation sites is 1. The van der Waals surface area contributed by atoms with Crippen LogP contribution in [0.1, 0.15) is 29.2 Å². The molecule has 152 valence electrons.